The smallest absolute Gasteiger partial charge is 0.441 e. The molecule has 0 spiro atoms. The summed E-state index contributed by atoms with van der Waals surface area (Å²) in [4.78, 5) is 34.3. The van der Waals surface area contributed by atoms with E-state index in [2.05, 4.69) is 4.89 Å². The number of likely N-dealkylation sites (tertiary alicyclic amines) is 1. The Bertz CT molecular complexity index is 306. The van der Waals surface area contributed by atoms with Gasteiger partial charge in [0.2, 0.25) is 6.10 Å². The van der Waals surface area contributed by atoms with Crippen LogP contribution in [0.25, 0.3) is 0 Å². The normalized spacial score (nSPS) is 16.8. The van der Waals surface area contributed by atoms with Crippen molar-refractivity contribution in [3.05, 3.63) is 0 Å². The van der Waals surface area contributed by atoms with Crippen LogP contribution in [0.5, 0.6) is 0 Å². The summed E-state index contributed by atoms with van der Waals surface area (Å²) in [6.07, 6.45) is -0.516. The molecule has 104 valence electrons. The molecule has 0 bridgehead atoms. The van der Waals surface area contributed by atoms with Crippen molar-refractivity contribution in [3.63, 3.8) is 0 Å². The summed E-state index contributed by atoms with van der Waals surface area (Å²) >= 11 is 0. The van der Waals surface area contributed by atoms with Gasteiger partial charge < -0.3 is 9.64 Å². The van der Waals surface area contributed by atoms with Crippen LogP contribution in [0.15, 0.2) is 0 Å². The first-order chi connectivity index (χ1) is 8.36. The van der Waals surface area contributed by atoms with Crippen molar-refractivity contribution in [1.82, 2.24) is 4.90 Å². The fourth-order valence-corrected chi connectivity index (χ4v) is 1.40. The van der Waals surface area contributed by atoms with Crippen LogP contribution < -0.4 is 0 Å². The third-order valence-electron chi connectivity index (χ3n) is 2.62. The van der Waals surface area contributed by atoms with E-state index in [0.29, 0.717) is 13.1 Å². The highest BCUT2D eigenvalue weighted by Crippen LogP contribution is 2.24. The molecule has 6 heteroatoms. The third kappa shape index (κ3) is 3.87. The monoisotopic (exact) mass is 259 g/mol. The average Bonchev–Trinajstić information content (AvgIpc) is 2.13. The van der Waals surface area contributed by atoms with E-state index >= 15 is 0 Å². The Balaban J connectivity index is 2.50. The molecule has 1 aliphatic heterocycles. The molecule has 6 nitrogen and oxygen atoms in total. The van der Waals surface area contributed by atoms with E-state index in [0.717, 1.165) is 6.42 Å². The Kier molecular flexibility index (Phi) is 4.95. The maximum Gasteiger partial charge on any atom is 0.441 e. The maximum absolute atomic E-state index is 11.7. The van der Waals surface area contributed by atoms with Crippen LogP contribution >= 0.6 is 0 Å². The van der Waals surface area contributed by atoms with Crippen LogP contribution in [0.2, 0.25) is 0 Å². The fourth-order valence-electron chi connectivity index (χ4n) is 1.40. The fraction of sp³-hybridized carbons (Fsp3) is 0.833. The number of esters is 1. The Morgan fingerprint density at radius 1 is 1.28 bits per heavy atom. The summed E-state index contributed by atoms with van der Waals surface area (Å²) < 4.78 is 4.89. The van der Waals surface area contributed by atoms with E-state index in [9.17, 15) is 9.59 Å². The molecule has 1 amide bonds. The summed E-state index contributed by atoms with van der Waals surface area (Å²) in [5, 5.41) is 0. The van der Waals surface area contributed by atoms with Gasteiger partial charge in [-0.3, -0.25) is 4.89 Å². The molecule has 0 aromatic heterocycles. The van der Waals surface area contributed by atoms with Gasteiger partial charge in [-0.1, -0.05) is 20.8 Å². The van der Waals surface area contributed by atoms with Gasteiger partial charge in [0.1, 0.15) is 0 Å². The molecule has 1 unspecified atom stereocenters. The lowest BCUT2D eigenvalue weighted by atomic mass is 9.89. The number of carbonyl (C=O) groups excluding carboxylic acids is 2. The van der Waals surface area contributed by atoms with E-state index in [1.54, 1.807) is 6.92 Å². The number of ether oxygens (including phenoxy) is 1. The topological polar surface area (TPSA) is 65.1 Å². The summed E-state index contributed by atoms with van der Waals surface area (Å²) in [7, 11) is 0. The van der Waals surface area contributed by atoms with E-state index < -0.39 is 23.6 Å². The van der Waals surface area contributed by atoms with Crippen molar-refractivity contribution in [2.45, 2.75) is 40.2 Å². The summed E-state index contributed by atoms with van der Waals surface area (Å²) in [6.45, 7) is 8.74. The van der Waals surface area contributed by atoms with Gasteiger partial charge >= 0.3 is 12.1 Å². The second-order valence-electron chi connectivity index (χ2n) is 5.28. The van der Waals surface area contributed by atoms with Gasteiger partial charge in [0.15, 0.2) is 0 Å². The summed E-state index contributed by atoms with van der Waals surface area (Å²) in [5.74, 6) is -0.526. The van der Waals surface area contributed by atoms with Crippen LogP contribution in [-0.4, -0.2) is 42.8 Å². The Morgan fingerprint density at radius 3 is 2.28 bits per heavy atom. The maximum atomic E-state index is 11.7. The van der Waals surface area contributed by atoms with Gasteiger partial charge in [-0.2, -0.15) is 4.89 Å². The van der Waals surface area contributed by atoms with E-state index in [1.807, 2.05) is 20.8 Å². The number of hydrogen-bond acceptors (Lipinski definition) is 5. The predicted octanol–water partition coefficient (Wildman–Crippen LogP) is 1.74. The highest BCUT2D eigenvalue weighted by Gasteiger charge is 2.37. The lowest BCUT2D eigenvalue weighted by molar-refractivity contribution is -0.296. The first-order valence-electron chi connectivity index (χ1n) is 6.15. The first kappa shape index (κ1) is 14.8. The van der Waals surface area contributed by atoms with Gasteiger partial charge in [0, 0.05) is 18.5 Å². The average molecular weight is 259 g/mol. The van der Waals surface area contributed by atoms with Crippen LogP contribution in [0, 0.1) is 5.41 Å². The summed E-state index contributed by atoms with van der Waals surface area (Å²) in [6, 6.07) is 0. The van der Waals surface area contributed by atoms with E-state index in [-0.39, 0.29) is 6.61 Å². The van der Waals surface area contributed by atoms with Crippen LogP contribution in [-0.2, 0) is 19.3 Å². The third-order valence-corrected chi connectivity index (χ3v) is 2.62. The van der Waals surface area contributed by atoms with Crippen LogP contribution in [0.4, 0.5) is 4.79 Å². The molecule has 1 heterocycles. The summed E-state index contributed by atoms with van der Waals surface area (Å²) in [5.41, 5.74) is -0.512. The molecule has 1 fully saturated rings. The van der Waals surface area contributed by atoms with Gasteiger partial charge in [0.05, 0.1) is 6.61 Å². The number of amides is 1. The Morgan fingerprint density at radius 2 is 1.89 bits per heavy atom. The van der Waals surface area contributed by atoms with E-state index in [4.69, 9.17) is 9.62 Å². The van der Waals surface area contributed by atoms with Gasteiger partial charge in [-0.05, 0) is 13.3 Å². The number of carbonyl (C=O) groups is 2. The van der Waals surface area contributed by atoms with Crippen molar-refractivity contribution in [2.75, 3.05) is 19.7 Å². The zero-order chi connectivity index (χ0) is 13.8. The van der Waals surface area contributed by atoms with E-state index in [1.165, 1.54) is 4.90 Å². The largest absolute Gasteiger partial charge is 0.464 e. The van der Waals surface area contributed by atoms with Gasteiger partial charge in [-0.15, -0.1) is 0 Å². The van der Waals surface area contributed by atoms with Crippen molar-refractivity contribution in [2.24, 2.45) is 5.41 Å². The first-order valence-corrected chi connectivity index (χ1v) is 6.15. The second kappa shape index (κ2) is 6.04. The quantitative estimate of drug-likeness (QED) is 0.437. The van der Waals surface area contributed by atoms with Crippen molar-refractivity contribution in [1.29, 1.82) is 0 Å². The Hall–Kier alpha value is -1.30. The lowest BCUT2D eigenvalue weighted by Gasteiger charge is -2.31. The number of nitrogens with zero attached hydrogens (tertiary/aromatic N) is 1. The molecule has 18 heavy (non-hydrogen) atoms. The molecule has 0 aliphatic carbocycles. The molecule has 0 N–H and O–H groups in total. The molecule has 1 rings (SSSR count). The molecule has 0 aromatic rings. The van der Waals surface area contributed by atoms with Crippen LogP contribution in [0.3, 0.4) is 0 Å². The predicted molar refractivity (Wildman–Crippen MR) is 63.6 cm³/mol. The Labute approximate surface area is 107 Å². The molecule has 0 radical (unpaired) electrons. The minimum Gasteiger partial charge on any atom is -0.464 e. The molecular weight excluding hydrogens is 238 g/mol. The number of hydrogen-bond donors (Lipinski definition) is 0. The molecular formula is C12H21NO5. The highest BCUT2D eigenvalue weighted by atomic mass is 17.2. The standard InChI is InChI=1S/C12H21NO5/c1-5-16-10(14)9(12(2,3)4)17-18-11(15)13-7-6-8-13/h9H,5-8H2,1-4H3. The molecule has 1 atom stereocenters. The zero-order valence-corrected chi connectivity index (χ0v) is 11.4. The van der Waals surface area contributed by atoms with Gasteiger partial charge in [-0.25, -0.2) is 9.59 Å². The highest BCUT2D eigenvalue weighted by molar-refractivity contribution is 5.75. The molecule has 1 saturated heterocycles. The second-order valence-corrected chi connectivity index (χ2v) is 5.28. The molecule has 0 aromatic carbocycles. The zero-order valence-electron chi connectivity index (χ0n) is 11.4. The molecule has 1 aliphatic rings. The minimum absolute atomic E-state index is 0.259. The molecule has 0 saturated carbocycles. The van der Waals surface area contributed by atoms with Crippen molar-refractivity contribution < 1.29 is 24.1 Å². The number of rotatable bonds is 4. The SMILES string of the molecule is CCOC(=O)C(OOC(=O)N1CCC1)C(C)(C)C. The minimum atomic E-state index is -0.928. The van der Waals surface area contributed by atoms with Crippen molar-refractivity contribution >= 4 is 12.1 Å². The van der Waals surface area contributed by atoms with Crippen molar-refractivity contribution in [3.8, 4) is 0 Å². The lowest BCUT2D eigenvalue weighted by Crippen LogP contribution is -2.45. The van der Waals surface area contributed by atoms with Gasteiger partial charge in [0.25, 0.3) is 0 Å². The van der Waals surface area contributed by atoms with Crippen LogP contribution in [0.1, 0.15) is 34.1 Å².